The number of alkyl halides is 3. The number of nitrogens with zero attached hydrogens (tertiary/aromatic N) is 4. The maximum Gasteiger partial charge on any atom is 0.433 e. The summed E-state index contributed by atoms with van der Waals surface area (Å²) < 4.78 is 38.1. The van der Waals surface area contributed by atoms with E-state index in [9.17, 15) is 28.0 Å². The van der Waals surface area contributed by atoms with Crippen molar-refractivity contribution < 1.29 is 28.0 Å². The first-order valence-electron chi connectivity index (χ1n) is 8.04. The molecule has 1 atom stereocenters. The Bertz CT molecular complexity index is 600. The number of amides is 2. The number of hydrazine groups is 1. The summed E-state index contributed by atoms with van der Waals surface area (Å²) in [5.74, 6) is -1.63. The Balaban J connectivity index is 2.81. The number of anilines is 1. The van der Waals surface area contributed by atoms with E-state index in [1.54, 1.807) is 0 Å². The summed E-state index contributed by atoms with van der Waals surface area (Å²) >= 11 is 0. The van der Waals surface area contributed by atoms with Crippen molar-refractivity contribution in [1.82, 2.24) is 20.5 Å². The minimum Gasteiger partial charge on any atom is -0.286 e. The van der Waals surface area contributed by atoms with E-state index >= 15 is 0 Å². The predicted molar refractivity (Wildman–Crippen MR) is 85.8 cm³/mol. The van der Waals surface area contributed by atoms with Crippen molar-refractivity contribution in [2.24, 2.45) is 5.92 Å². The number of rotatable bonds is 10. The van der Waals surface area contributed by atoms with Crippen LogP contribution in [0.5, 0.6) is 0 Å². The Morgan fingerprint density at radius 1 is 1.42 bits per heavy atom. The van der Waals surface area contributed by atoms with Crippen molar-refractivity contribution in [2.75, 3.05) is 18.6 Å². The average Bonchev–Trinajstić information content (AvgIpc) is 2.60. The average molecular weight is 377 g/mol. The molecule has 11 heteroatoms. The molecule has 0 bridgehead atoms. The second-order valence-electron chi connectivity index (χ2n) is 5.69. The molecule has 0 saturated carbocycles. The highest BCUT2D eigenvalue weighted by Gasteiger charge is 2.33. The molecule has 8 nitrogen and oxygen atoms in total. The highest BCUT2D eigenvalue weighted by atomic mass is 19.4. The highest BCUT2D eigenvalue weighted by molar-refractivity contribution is 5.80. The molecule has 2 N–H and O–H groups in total. The van der Waals surface area contributed by atoms with E-state index in [1.165, 1.54) is 7.05 Å². The van der Waals surface area contributed by atoms with E-state index in [2.05, 4.69) is 15.4 Å². The molecule has 1 unspecified atom stereocenters. The summed E-state index contributed by atoms with van der Waals surface area (Å²) in [6, 6.07) is 0.723. The molecule has 1 aromatic rings. The molecule has 0 radical (unpaired) electrons. The molecule has 2 amide bonds. The second-order valence-corrected chi connectivity index (χ2v) is 5.69. The van der Waals surface area contributed by atoms with Crippen molar-refractivity contribution in [2.45, 2.75) is 38.8 Å². The molecule has 1 heterocycles. The third-order valence-corrected chi connectivity index (χ3v) is 3.57. The van der Waals surface area contributed by atoms with E-state index in [-0.39, 0.29) is 18.9 Å². The van der Waals surface area contributed by atoms with Gasteiger partial charge in [0.1, 0.15) is 5.69 Å². The summed E-state index contributed by atoms with van der Waals surface area (Å²) in [5.41, 5.74) is 1.25. The zero-order valence-corrected chi connectivity index (χ0v) is 14.5. The number of halogens is 3. The molecular formula is C15H22F3N5O3. The van der Waals surface area contributed by atoms with Crippen molar-refractivity contribution in [3.8, 4) is 0 Å². The van der Waals surface area contributed by atoms with E-state index in [4.69, 9.17) is 0 Å². The zero-order chi connectivity index (χ0) is 19.7. The van der Waals surface area contributed by atoms with E-state index in [0.29, 0.717) is 17.9 Å². The molecule has 146 valence electrons. The van der Waals surface area contributed by atoms with Gasteiger partial charge in [-0.1, -0.05) is 26.2 Å². The maximum atomic E-state index is 12.7. The fourth-order valence-corrected chi connectivity index (χ4v) is 2.19. The van der Waals surface area contributed by atoms with Gasteiger partial charge < -0.3 is 0 Å². The Labute approximate surface area is 148 Å². The number of unbranched alkanes of at least 4 members (excludes halogenated alkanes) is 2. The van der Waals surface area contributed by atoms with Crippen LogP contribution in [-0.4, -0.2) is 46.1 Å². The largest absolute Gasteiger partial charge is 0.433 e. The van der Waals surface area contributed by atoms with Crippen molar-refractivity contribution in [1.29, 1.82) is 0 Å². The highest BCUT2D eigenvalue weighted by Crippen LogP contribution is 2.27. The van der Waals surface area contributed by atoms with Gasteiger partial charge >= 0.3 is 6.18 Å². The first-order valence-corrected chi connectivity index (χ1v) is 8.04. The van der Waals surface area contributed by atoms with Crippen LogP contribution < -0.4 is 10.4 Å². The van der Waals surface area contributed by atoms with E-state index in [1.807, 2.05) is 6.92 Å². The molecular weight excluding hydrogens is 355 g/mol. The predicted octanol–water partition coefficient (Wildman–Crippen LogP) is 2.01. The van der Waals surface area contributed by atoms with Gasteiger partial charge in [-0.05, 0) is 12.5 Å². The third-order valence-electron chi connectivity index (χ3n) is 3.57. The molecule has 0 fully saturated rings. The summed E-state index contributed by atoms with van der Waals surface area (Å²) in [6.45, 7) is 1.76. The van der Waals surface area contributed by atoms with Gasteiger partial charge in [0.15, 0.2) is 0 Å². The molecule has 26 heavy (non-hydrogen) atoms. The minimum atomic E-state index is -4.63. The number of hydrogen-bond acceptors (Lipinski definition) is 6. The maximum absolute atomic E-state index is 12.7. The lowest BCUT2D eigenvalue weighted by atomic mass is 10.0. The molecule has 0 aliphatic carbocycles. The second kappa shape index (κ2) is 9.90. The van der Waals surface area contributed by atoms with Crippen LogP contribution in [-0.2, 0) is 15.8 Å². The Morgan fingerprint density at radius 3 is 2.69 bits per heavy atom. The van der Waals surface area contributed by atoms with Crippen molar-refractivity contribution >= 4 is 18.3 Å². The lowest BCUT2D eigenvalue weighted by Crippen LogP contribution is -2.46. The lowest BCUT2D eigenvalue weighted by Gasteiger charge is -2.24. The van der Waals surface area contributed by atoms with Gasteiger partial charge in [0.2, 0.25) is 18.3 Å². The first-order chi connectivity index (χ1) is 12.2. The van der Waals surface area contributed by atoms with Crippen LogP contribution in [0.15, 0.2) is 12.3 Å². The van der Waals surface area contributed by atoms with Gasteiger partial charge in [-0.25, -0.2) is 15.0 Å². The van der Waals surface area contributed by atoms with Crippen molar-refractivity contribution in [3.05, 3.63) is 18.0 Å². The van der Waals surface area contributed by atoms with Gasteiger partial charge in [-0.2, -0.15) is 13.2 Å². The van der Waals surface area contributed by atoms with Crippen LogP contribution in [0.25, 0.3) is 0 Å². The van der Waals surface area contributed by atoms with E-state index < -0.39 is 23.7 Å². The third kappa shape index (κ3) is 6.82. The number of aromatic nitrogens is 2. The van der Waals surface area contributed by atoms with E-state index in [0.717, 1.165) is 30.1 Å². The van der Waals surface area contributed by atoms with Gasteiger partial charge in [0, 0.05) is 13.2 Å². The molecule has 0 aliphatic heterocycles. The Morgan fingerprint density at radius 2 is 2.12 bits per heavy atom. The van der Waals surface area contributed by atoms with Crippen LogP contribution in [0.2, 0.25) is 0 Å². The minimum absolute atomic E-state index is 0.180. The molecule has 0 spiro atoms. The topological polar surface area (TPSA) is 98.7 Å². The summed E-state index contributed by atoms with van der Waals surface area (Å²) in [5, 5.41) is 10.7. The fraction of sp³-hybridized carbons (Fsp3) is 0.600. The standard InChI is InChI=1S/C15H22F3N5O3/c1-3-4-5-6-11(9-23(26)10-24)13(25)21-22(2)14-19-8-7-12(20-14)15(16,17)18/h7-8,10-11,26H,3-6,9H2,1-2H3,(H,21,25). The molecule has 1 rings (SSSR count). The summed E-state index contributed by atoms with van der Waals surface area (Å²) in [7, 11) is 1.30. The molecule has 0 saturated heterocycles. The van der Waals surface area contributed by atoms with Crippen LogP contribution >= 0.6 is 0 Å². The van der Waals surface area contributed by atoms with Gasteiger partial charge in [0.25, 0.3) is 0 Å². The van der Waals surface area contributed by atoms with Crippen LogP contribution in [0.4, 0.5) is 19.1 Å². The number of nitrogens with one attached hydrogen (secondary N) is 1. The Kier molecular flexibility index (Phi) is 8.23. The van der Waals surface area contributed by atoms with Crippen LogP contribution in [0.3, 0.4) is 0 Å². The number of hydrogen-bond donors (Lipinski definition) is 2. The quantitative estimate of drug-likeness (QED) is 0.280. The van der Waals surface area contributed by atoms with Gasteiger partial charge in [-0.3, -0.25) is 25.2 Å². The first kappa shape index (κ1) is 21.6. The summed E-state index contributed by atoms with van der Waals surface area (Å²) in [4.78, 5) is 30.0. The van der Waals surface area contributed by atoms with Crippen LogP contribution in [0, 0.1) is 5.92 Å². The Hall–Kier alpha value is -2.43. The van der Waals surface area contributed by atoms with Gasteiger partial charge in [-0.15, -0.1) is 0 Å². The molecule has 0 aliphatic rings. The monoisotopic (exact) mass is 377 g/mol. The fourth-order valence-electron chi connectivity index (χ4n) is 2.19. The van der Waals surface area contributed by atoms with Crippen molar-refractivity contribution in [3.63, 3.8) is 0 Å². The smallest absolute Gasteiger partial charge is 0.286 e. The molecule has 0 aromatic carbocycles. The summed E-state index contributed by atoms with van der Waals surface area (Å²) in [6.07, 6.45) is -0.626. The van der Waals surface area contributed by atoms with Gasteiger partial charge in [0.05, 0.1) is 12.5 Å². The van der Waals surface area contributed by atoms with Crippen LogP contribution in [0.1, 0.15) is 38.3 Å². The lowest BCUT2D eigenvalue weighted by molar-refractivity contribution is -0.154. The number of hydroxylamine groups is 2. The normalized spacial score (nSPS) is 12.4. The zero-order valence-electron chi connectivity index (χ0n) is 14.5. The SMILES string of the molecule is CCCCCC(CN(O)C=O)C(=O)NN(C)c1nccc(C(F)(F)F)n1. The number of carbonyl (C=O) groups excluding carboxylic acids is 2. The number of carbonyl (C=O) groups is 2. The molecule has 1 aromatic heterocycles.